The Morgan fingerprint density at radius 2 is 1.86 bits per heavy atom. The maximum atomic E-state index is 12.4. The van der Waals surface area contributed by atoms with Crippen molar-refractivity contribution in [3.8, 4) is 17.0 Å². The van der Waals surface area contributed by atoms with E-state index in [2.05, 4.69) is 10.3 Å². The summed E-state index contributed by atoms with van der Waals surface area (Å²) in [4.78, 5) is 22.7. The lowest BCUT2D eigenvalue weighted by atomic mass is 10.2. The minimum absolute atomic E-state index is 0. The molecule has 0 atom stereocenters. The molecule has 2 aromatic heterocycles. The molecule has 0 bridgehead atoms. The zero-order valence-electron chi connectivity index (χ0n) is 16.2. The topological polar surface area (TPSA) is 45.7 Å². The number of hydrogen-bond acceptors (Lipinski definition) is 6. The highest BCUT2D eigenvalue weighted by Gasteiger charge is 2.22. The number of ether oxygens (including phenoxy) is 1. The molecule has 1 fully saturated rings. The highest BCUT2D eigenvalue weighted by atomic mass is 35.5. The normalized spacial score (nSPS) is 14.4. The monoisotopic (exact) mass is 449 g/mol. The zero-order chi connectivity index (χ0) is 19.3. The second-order valence-electron chi connectivity index (χ2n) is 6.77. The van der Waals surface area contributed by atoms with Crippen molar-refractivity contribution >= 4 is 41.0 Å². The highest BCUT2D eigenvalue weighted by molar-refractivity contribution is 7.10. The van der Waals surface area contributed by atoms with E-state index in [0.717, 1.165) is 59.6 Å². The number of rotatable bonds is 6. The van der Waals surface area contributed by atoms with E-state index in [-0.39, 0.29) is 18.3 Å². The lowest BCUT2D eigenvalue weighted by Gasteiger charge is -2.34. The molecule has 0 spiro atoms. The van der Waals surface area contributed by atoms with Crippen molar-refractivity contribution in [2.24, 2.45) is 0 Å². The first-order valence-corrected chi connectivity index (χ1v) is 11.1. The molecule has 0 unspecified atom stereocenters. The number of amides is 1. The Labute approximate surface area is 185 Å². The van der Waals surface area contributed by atoms with E-state index in [1.807, 2.05) is 46.7 Å². The predicted molar refractivity (Wildman–Crippen MR) is 121 cm³/mol. The van der Waals surface area contributed by atoms with Gasteiger partial charge in [0.1, 0.15) is 10.8 Å². The molecule has 0 aliphatic carbocycles. The molecular weight excluding hydrogens is 426 g/mol. The van der Waals surface area contributed by atoms with E-state index < -0.39 is 0 Å². The Kier molecular flexibility index (Phi) is 7.66. The third-order valence-corrected chi connectivity index (χ3v) is 6.64. The Morgan fingerprint density at radius 3 is 2.52 bits per heavy atom. The lowest BCUT2D eigenvalue weighted by Crippen LogP contribution is -2.48. The first-order valence-electron chi connectivity index (χ1n) is 9.32. The SMILES string of the molecule is COc1ccc(-c2csc(CN3CCN(C(=O)Cc4cccs4)CC3)n2)cc1.Cl. The van der Waals surface area contributed by atoms with Crippen LogP contribution in [-0.4, -0.2) is 54.0 Å². The van der Waals surface area contributed by atoms with E-state index in [0.29, 0.717) is 6.42 Å². The molecule has 0 saturated carbocycles. The van der Waals surface area contributed by atoms with Crippen LogP contribution in [0.15, 0.2) is 47.2 Å². The van der Waals surface area contributed by atoms with Gasteiger partial charge in [-0.1, -0.05) is 6.07 Å². The van der Waals surface area contributed by atoms with Crippen LogP contribution in [0.25, 0.3) is 11.3 Å². The van der Waals surface area contributed by atoms with Crippen LogP contribution in [0, 0.1) is 0 Å². The minimum atomic E-state index is 0. The second kappa shape index (κ2) is 10.2. The van der Waals surface area contributed by atoms with Crippen molar-refractivity contribution in [2.75, 3.05) is 33.3 Å². The number of carbonyl (C=O) groups excluding carboxylic acids is 1. The van der Waals surface area contributed by atoms with E-state index in [4.69, 9.17) is 9.72 Å². The summed E-state index contributed by atoms with van der Waals surface area (Å²) in [5.74, 6) is 1.09. The molecule has 3 heterocycles. The number of benzene rings is 1. The molecule has 0 N–H and O–H groups in total. The number of carbonyl (C=O) groups is 1. The third-order valence-electron chi connectivity index (χ3n) is 4.93. The number of aromatic nitrogens is 1. The molecule has 1 aromatic carbocycles. The van der Waals surface area contributed by atoms with Crippen LogP contribution in [0.2, 0.25) is 0 Å². The maximum absolute atomic E-state index is 12.4. The van der Waals surface area contributed by atoms with Crippen molar-refractivity contribution < 1.29 is 9.53 Å². The van der Waals surface area contributed by atoms with Crippen LogP contribution in [0.5, 0.6) is 5.75 Å². The van der Waals surface area contributed by atoms with Gasteiger partial charge < -0.3 is 9.64 Å². The van der Waals surface area contributed by atoms with Crippen molar-refractivity contribution in [2.45, 2.75) is 13.0 Å². The van der Waals surface area contributed by atoms with Gasteiger partial charge in [0.05, 0.1) is 25.8 Å². The van der Waals surface area contributed by atoms with Crippen molar-refractivity contribution in [1.29, 1.82) is 0 Å². The lowest BCUT2D eigenvalue weighted by molar-refractivity contribution is -0.132. The number of thiazole rings is 1. The van der Waals surface area contributed by atoms with Gasteiger partial charge in [-0.2, -0.15) is 0 Å². The number of hydrogen-bond donors (Lipinski definition) is 0. The molecule has 0 radical (unpaired) electrons. The molecule has 1 amide bonds. The molecule has 4 rings (SSSR count). The Hall–Kier alpha value is -1.93. The van der Waals surface area contributed by atoms with E-state index in [1.54, 1.807) is 29.8 Å². The molecule has 29 heavy (non-hydrogen) atoms. The first kappa shape index (κ1) is 21.8. The summed E-state index contributed by atoms with van der Waals surface area (Å²) < 4.78 is 5.21. The Bertz CT molecular complexity index is 904. The summed E-state index contributed by atoms with van der Waals surface area (Å²) in [7, 11) is 1.67. The zero-order valence-corrected chi connectivity index (χ0v) is 18.7. The van der Waals surface area contributed by atoms with E-state index in [1.165, 1.54) is 0 Å². The molecule has 8 heteroatoms. The predicted octanol–water partition coefficient (Wildman–Crippen LogP) is 4.19. The molecule has 1 saturated heterocycles. The average Bonchev–Trinajstić information content (AvgIpc) is 3.41. The van der Waals surface area contributed by atoms with Crippen molar-refractivity contribution in [3.05, 3.63) is 57.0 Å². The standard InChI is InChI=1S/C21H23N3O2S2.ClH/c1-26-17-6-4-16(5-7-17)19-15-28-20(22-19)14-23-8-10-24(11-9-23)21(25)13-18-3-2-12-27-18;/h2-7,12,15H,8-11,13-14H2,1H3;1H. The number of thiophene rings is 1. The molecule has 154 valence electrons. The Balaban J connectivity index is 0.00000240. The summed E-state index contributed by atoms with van der Waals surface area (Å²) in [6.07, 6.45) is 0.523. The van der Waals surface area contributed by atoms with Crippen LogP contribution in [0.4, 0.5) is 0 Å². The van der Waals surface area contributed by atoms with Gasteiger partial charge in [0.15, 0.2) is 0 Å². The largest absolute Gasteiger partial charge is 0.497 e. The maximum Gasteiger partial charge on any atom is 0.227 e. The fourth-order valence-corrected chi connectivity index (χ4v) is 4.84. The van der Waals surface area contributed by atoms with Gasteiger partial charge in [0, 0.05) is 42.0 Å². The van der Waals surface area contributed by atoms with Crippen LogP contribution < -0.4 is 4.74 Å². The molecule has 3 aromatic rings. The highest BCUT2D eigenvalue weighted by Crippen LogP contribution is 2.25. The summed E-state index contributed by atoms with van der Waals surface area (Å²) in [6, 6.07) is 12.0. The van der Waals surface area contributed by atoms with Crippen LogP contribution in [-0.2, 0) is 17.8 Å². The summed E-state index contributed by atoms with van der Waals surface area (Å²) in [5.41, 5.74) is 2.11. The van der Waals surface area contributed by atoms with E-state index in [9.17, 15) is 4.79 Å². The van der Waals surface area contributed by atoms with Crippen molar-refractivity contribution in [3.63, 3.8) is 0 Å². The fourth-order valence-electron chi connectivity index (χ4n) is 3.30. The average molecular weight is 450 g/mol. The number of piperazine rings is 1. The van der Waals surface area contributed by atoms with Crippen LogP contribution in [0.3, 0.4) is 0 Å². The second-order valence-corrected chi connectivity index (χ2v) is 8.74. The summed E-state index contributed by atoms with van der Waals surface area (Å²) in [6.45, 7) is 4.22. The quantitative estimate of drug-likeness (QED) is 0.566. The summed E-state index contributed by atoms with van der Waals surface area (Å²) in [5, 5.41) is 5.25. The van der Waals surface area contributed by atoms with Gasteiger partial charge in [-0.25, -0.2) is 4.98 Å². The smallest absolute Gasteiger partial charge is 0.227 e. The number of halogens is 1. The van der Waals surface area contributed by atoms with Gasteiger partial charge in [0.2, 0.25) is 5.91 Å². The minimum Gasteiger partial charge on any atom is -0.497 e. The van der Waals surface area contributed by atoms with Gasteiger partial charge >= 0.3 is 0 Å². The fraction of sp³-hybridized carbons (Fsp3) is 0.333. The summed E-state index contributed by atoms with van der Waals surface area (Å²) >= 11 is 3.34. The van der Waals surface area contributed by atoms with Crippen molar-refractivity contribution in [1.82, 2.24) is 14.8 Å². The first-order chi connectivity index (χ1) is 13.7. The van der Waals surface area contributed by atoms with Gasteiger partial charge in [0.25, 0.3) is 0 Å². The Morgan fingerprint density at radius 1 is 1.10 bits per heavy atom. The van der Waals surface area contributed by atoms with Crippen LogP contribution >= 0.6 is 35.1 Å². The van der Waals surface area contributed by atoms with E-state index >= 15 is 0 Å². The molecule has 1 aliphatic heterocycles. The molecular formula is C21H24ClN3O2S2. The number of methoxy groups -OCH3 is 1. The number of nitrogens with zero attached hydrogens (tertiary/aromatic N) is 3. The van der Waals surface area contributed by atoms with Gasteiger partial charge in [-0.05, 0) is 35.7 Å². The molecule has 5 nitrogen and oxygen atoms in total. The van der Waals surface area contributed by atoms with Crippen LogP contribution in [0.1, 0.15) is 9.88 Å². The van der Waals surface area contributed by atoms with Gasteiger partial charge in [-0.3, -0.25) is 9.69 Å². The molecule has 1 aliphatic rings. The van der Waals surface area contributed by atoms with Gasteiger partial charge in [-0.15, -0.1) is 35.1 Å². The third kappa shape index (κ3) is 5.57.